The fourth-order valence-electron chi connectivity index (χ4n) is 4.00. The second kappa shape index (κ2) is 8.63. The van der Waals surface area contributed by atoms with Gasteiger partial charge in [0.1, 0.15) is 11.9 Å². The first-order valence-electron chi connectivity index (χ1n) is 9.69. The third kappa shape index (κ3) is 4.00. The molecule has 0 spiro atoms. The summed E-state index contributed by atoms with van der Waals surface area (Å²) in [5, 5.41) is 21.5. The number of aliphatic hydroxyl groups is 2. The minimum Gasteiger partial charge on any atom is -0.497 e. The van der Waals surface area contributed by atoms with Crippen molar-refractivity contribution in [2.45, 2.75) is 36.5 Å². The van der Waals surface area contributed by atoms with Gasteiger partial charge in [0.2, 0.25) is 5.91 Å². The van der Waals surface area contributed by atoms with Crippen LogP contribution in [0.2, 0.25) is 0 Å². The Bertz CT molecular complexity index is 924. The number of amides is 1. The lowest BCUT2D eigenvalue weighted by Gasteiger charge is -2.41. The Morgan fingerprint density at radius 2 is 2.07 bits per heavy atom. The zero-order valence-electron chi connectivity index (χ0n) is 16.5. The van der Waals surface area contributed by atoms with E-state index in [0.29, 0.717) is 17.4 Å². The predicted molar refractivity (Wildman–Crippen MR) is 114 cm³/mol. The molecule has 0 radical (unpaired) electrons. The highest BCUT2D eigenvalue weighted by Crippen LogP contribution is 2.45. The van der Waals surface area contributed by atoms with Crippen molar-refractivity contribution in [3.63, 3.8) is 0 Å². The predicted octanol–water partition coefficient (Wildman–Crippen LogP) is 1.29. The number of benzene rings is 1. The molecule has 1 saturated heterocycles. The Hall–Kier alpha value is -2.62. The highest BCUT2D eigenvalue weighted by atomic mass is 32.2. The van der Waals surface area contributed by atoms with Crippen LogP contribution in [0.5, 0.6) is 5.75 Å². The molecule has 9 heteroatoms. The molecule has 30 heavy (non-hydrogen) atoms. The van der Waals surface area contributed by atoms with Crippen LogP contribution in [0.1, 0.15) is 12.1 Å². The lowest BCUT2D eigenvalue weighted by molar-refractivity contribution is -0.128. The van der Waals surface area contributed by atoms with Gasteiger partial charge in [-0.25, -0.2) is 4.99 Å². The van der Waals surface area contributed by atoms with Crippen LogP contribution in [0.4, 0.5) is 5.69 Å². The molecule has 1 aromatic carbocycles. The number of rotatable bonds is 5. The number of hydrogen-bond acceptors (Lipinski definition) is 7. The van der Waals surface area contributed by atoms with Crippen LogP contribution in [0.25, 0.3) is 0 Å². The van der Waals surface area contributed by atoms with Gasteiger partial charge in [-0.2, -0.15) is 0 Å². The van der Waals surface area contributed by atoms with Gasteiger partial charge in [-0.1, -0.05) is 17.8 Å². The van der Waals surface area contributed by atoms with Gasteiger partial charge in [0.25, 0.3) is 0 Å². The molecular formula is C21H24N4O4S. The SMILES string of the molecule is COc1ccc(N=C2SC3C(C(N)=O)CC(O)C(O)C3N2Cc2ccccn2)cc1. The number of ether oxygens (including phenoxy) is 1. The molecule has 1 amide bonds. The number of carbonyl (C=O) groups excluding carboxylic acids is 1. The summed E-state index contributed by atoms with van der Waals surface area (Å²) in [6, 6.07) is 12.4. The van der Waals surface area contributed by atoms with E-state index >= 15 is 0 Å². The molecule has 158 valence electrons. The summed E-state index contributed by atoms with van der Waals surface area (Å²) in [5.74, 6) is -0.315. The van der Waals surface area contributed by atoms with Crippen molar-refractivity contribution >= 4 is 28.5 Å². The summed E-state index contributed by atoms with van der Waals surface area (Å²) in [7, 11) is 1.60. The standard InChI is InChI=1S/C21H24N4O4S/c1-29-14-7-5-12(6-8-14)24-21-25(11-13-4-2-3-9-23-13)17-18(27)16(26)10-15(20(22)28)19(17)30-21/h2-9,15-19,26-27H,10-11H2,1H3,(H2,22,28). The monoisotopic (exact) mass is 428 g/mol. The van der Waals surface area contributed by atoms with Crippen molar-refractivity contribution in [1.29, 1.82) is 0 Å². The molecular weight excluding hydrogens is 404 g/mol. The van der Waals surface area contributed by atoms with Gasteiger partial charge in [0.15, 0.2) is 5.17 Å². The summed E-state index contributed by atoms with van der Waals surface area (Å²) in [6.07, 6.45) is -0.214. The van der Waals surface area contributed by atoms with E-state index in [1.807, 2.05) is 47.4 Å². The summed E-state index contributed by atoms with van der Waals surface area (Å²) >= 11 is 1.41. The fraction of sp³-hybridized carbons (Fsp3) is 0.381. The van der Waals surface area contributed by atoms with Crippen molar-refractivity contribution in [3.8, 4) is 5.75 Å². The zero-order chi connectivity index (χ0) is 21.3. The van der Waals surface area contributed by atoms with Gasteiger partial charge in [-0.15, -0.1) is 0 Å². The topological polar surface area (TPSA) is 121 Å². The first-order valence-corrected chi connectivity index (χ1v) is 10.6. The van der Waals surface area contributed by atoms with Crippen LogP contribution >= 0.6 is 11.8 Å². The number of amidine groups is 1. The number of fused-ring (bicyclic) bond motifs is 1. The number of thioether (sulfide) groups is 1. The minimum atomic E-state index is -1.03. The second-order valence-electron chi connectivity index (χ2n) is 7.42. The number of hydrogen-bond donors (Lipinski definition) is 3. The Labute approximate surface area is 178 Å². The molecule has 4 N–H and O–H groups in total. The number of pyridine rings is 1. The summed E-state index contributed by atoms with van der Waals surface area (Å²) < 4.78 is 5.20. The lowest BCUT2D eigenvalue weighted by Crippen LogP contribution is -2.58. The molecule has 1 aliphatic heterocycles. The van der Waals surface area contributed by atoms with Crippen LogP contribution in [0.3, 0.4) is 0 Å². The van der Waals surface area contributed by atoms with E-state index in [-0.39, 0.29) is 11.7 Å². The Kier molecular flexibility index (Phi) is 5.94. The van der Waals surface area contributed by atoms with Crippen LogP contribution in [-0.4, -0.2) is 61.8 Å². The normalized spacial score (nSPS) is 29.6. The maximum atomic E-state index is 12.1. The van der Waals surface area contributed by atoms with Crippen molar-refractivity contribution in [2.24, 2.45) is 16.6 Å². The number of carbonyl (C=O) groups is 1. The van der Waals surface area contributed by atoms with Gasteiger partial charge < -0.3 is 25.6 Å². The summed E-state index contributed by atoms with van der Waals surface area (Å²) in [4.78, 5) is 23.2. The first-order chi connectivity index (χ1) is 14.5. The van der Waals surface area contributed by atoms with Gasteiger partial charge in [-0.3, -0.25) is 9.78 Å². The highest BCUT2D eigenvalue weighted by molar-refractivity contribution is 8.14. The Balaban J connectivity index is 1.72. The summed E-state index contributed by atoms with van der Waals surface area (Å²) in [5.41, 5.74) is 7.14. The number of nitrogens with zero attached hydrogens (tertiary/aromatic N) is 3. The molecule has 1 aliphatic carbocycles. The molecule has 1 saturated carbocycles. The molecule has 0 bridgehead atoms. The quantitative estimate of drug-likeness (QED) is 0.656. The maximum absolute atomic E-state index is 12.1. The van der Waals surface area contributed by atoms with Gasteiger partial charge in [0.05, 0.1) is 43.1 Å². The zero-order valence-corrected chi connectivity index (χ0v) is 17.3. The number of primary amides is 1. The van der Waals surface area contributed by atoms with Crippen molar-refractivity contribution < 1.29 is 19.7 Å². The molecule has 2 fully saturated rings. The van der Waals surface area contributed by atoms with E-state index in [4.69, 9.17) is 15.5 Å². The van der Waals surface area contributed by atoms with E-state index < -0.39 is 30.1 Å². The van der Waals surface area contributed by atoms with Gasteiger partial charge >= 0.3 is 0 Å². The van der Waals surface area contributed by atoms with Crippen molar-refractivity contribution in [1.82, 2.24) is 9.88 Å². The Morgan fingerprint density at radius 3 is 2.70 bits per heavy atom. The van der Waals surface area contributed by atoms with Crippen LogP contribution in [0.15, 0.2) is 53.7 Å². The average molecular weight is 429 g/mol. The first kappa shape index (κ1) is 20.6. The van der Waals surface area contributed by atoms with Crippen LogP contribution < -0.4 is 10.5 Å². The molecule has 2 aliphatic rings. The van der Waals surface area contributed by atoms with Gasteiger partial charge in [0, 0.05) is 11.4 Å². The van der Waals surface area contributed by atoms with Crippen molar-refractivity contribution in [2.75, 3.05) is 7.11 Å². The molecule has 4 rings (SSSR count). The Morgan fingerprint density at radius 1 is 1.30 bits per heavy atom. The molecule has 2 aromatic rings. The summed E-state index contributed by atoms with van der Waals surface area (Å²) in [6.45, 7) is 0.388. The molecule has 8 nitrogen and oxygen atoms in total. The van der Waals surface area contributed by atoms with Crippen LogP contribution in [0, 0.1) is 5.92 Å². The molecule has 5 atom stereocenters. The van der Waals surface area contributed by atoms with E-state index in [2.05, 4.69) is 4.98 Å². The van der Waals surface area contributed by atoms with Gasteiger partial charge in [-0.05, 0) is 42.8 Å². The third-order valence-electron chi connectivity index (χ3n) is 5.54. The third-order valence-corrected chi connectivity index (χ3v) is 6.96. The minimum absolute atomic E-state index is 0.137. The fourth-order valence-corrected chi connectivity index (χ4v) is 5.58. The van der Waals surface area contributed by atoms with Crippen LogP contribution in [-0.2, 0) is 11.3 Å². The number of aliphatic imine (C=N–C) groups is 1. The van der Waals surface area contributed by atoms with E-state index in [9.17, 15) is 15.0 Å². The second-order valence-corrected chi connectivity index (χ2v) is 8.56. The van der Waals surface area contributed by atoms with E-state index in [1.165, 1.54) is 11.8 Å². The smallest absolute Gasteiger partial charge is 0.221 e. The van der Waals surface area contributed by atoms with E-state index in [0.717, 1.165) is 11.4 Å². The number of aliphatic hydroxyl groups excluding tert-OH is 2. The largest absolute Gasteiger partial charge is 0.497 e. The molecule has 2 heterocycles. The number of aromatic nitrogens is 1. The molecule has 5 unspecified atom stereocenters. The maximum Gasteiger partial charge on any atom is 0.221 e. The average Bonchev–Trinajstić information content (AvgIpc) is 3.09. The van der Waals surface area contributed by atoms with E-state index in [1.54, 1.807) is 13.3 Å². The highest BCUT2D eigenvalue weighted by Gasteiger charge is 2.54. The lowest BCUT2D eigenvalue weighted by atomic mass is 9.80. The molecule has 1 aromatic heterocycles. The number of nitrogens with two attached hydrogens (primary N) is 1. The number of methoxy groups -OCH3 is 1. The van der Waals surface area contributed by atoms with Crippen molar-refractivity contribution in [3.05, 3.63) is 54.4 Å².